The van der Waals surface area contributed by atoms with E-state index in [0.717, 1.165) is 11.4 Å². The number of ether oxygens (including phenoxy) is 2. The molecule has 4 heterocycles. The van der Waals surface area contributed by atoms with E-state index >= 15 is 0 Å². The normalized spacial score (nSPS) is 10.8. The molecule has 0 saturated heterocycles. The third-order valence-corrected chi connectivity index (χ3v) is 5.06. The molecule has 10 heteroatoms. The largest absolute Gasteiger partial charge is 0.497 e. The lowest BCUT2D eigenvalue weighted by atomic mass is 10.3. The quantitative estimate of drug-likeness (QED) is 0.431. The number of amides is 1. The fourth-order valence-corrected chi connectivity index (χ4v) is 3.52. The lowest BCUT2D eigenvalue weighted by Crippen LogP contribution is -2.14. The predicted molar refractivity (Wildman–Crippen MR) is 121 cm³/mol. The van der Waals surface area contributed by atoms with Crippen LogP contribution in [0, 0.1) is 0 Å². The molecule has 1 amide bonds. The lowest BCUT2D eigenvalue weighted by Gasteiger charge is -2.08. The number of carbonyl (C=O) groups excluding carboxylic acids is 1. The molecule has 10 nitrogen and oxygen atoms in total. The van der Waals surface area contributed by atoms with Gasteiger partial charge in [-0.15, -0.1) is 0 Å². The van der Waals surface area contributed by atoms with E-state index in [4.69, 9.17) is 9.47 Å². The van der Waals surface area contributed by atoms with Gasteiger partial charge in [0.1, 0.15) is 17.1 Å². The summed E-state index contributed by atoms with van der Waals surface area (Å²) in [6.45, 7) is 0. The lowest BCUT2D eigenvalue weighted by molar-refractivity contribution is 0.102. The second-order valence-electron chi connectivity index (χ2n) is 6.96. The standard InChI is InChI=1S/C23H19N7O3/c1-32-16-7-5-15(6-8-16)30-18(9-11-26-30)21-28-20(19-14-24-12-13-29(19)21)22(31)27-17-4-3-10-25-23(17)33-2/h3-14H,1-2H3,(H,27,31). The number of anilines is 1. The van der Waals surface area contributed by atoms with Gasteiger partial charge in [0, 0.05) is 18.6 Å². The molecule has 0 bridgehead atoms. The van der Waals surface area contributed by atoms with Crippen molar-refractivity contribution >= 4 is 17.1 Å². The predicted octanol–water partition coefficient (Wildman–Crippen LogP) is 3.25. The van der Waals surface area contributed by atoms with E-state index in [2.05, 4.69) is 25.4 Å². The zero-order chi connectivity index (χ0) is 22.8. The van der Waals surface area contributed by atoms with Gasteiger partial charge in [0.2, 0.25) is 5.88 Å². The Bertz CT molecular complexity index is 1440. The maximum atomic E-state index is 13.2. The fraction of sp³-hybridized carbons (Fsp3) is 0.0870. The van der Waals surface area contributed by atoms with E-state index in [1.54, 1.807) is 59.3 Å². The van der Waals surface area contributed by atoms with Crippen molar-refractivity contribution in [3.8, 4) is 28.8 Å². The minimum Gasteiger partial charge on any atom is -0.497 e. The number of pyridine rings is 1. The summed E-state index contributed by atoms with van der Waals surface area (Å²) >= 11 is 0. The third kappa shape index (κ3) is 3.63. The molecular formula is C23H19N7O3. The van der Waals surface area contributed by atoms with Crippen molar-refractivity contribution in [2.24, 2.45) is 0 Å². The Kier molecular flexibility index (Phi) is 5.15. The number of carbonyl (C=O) groups is 1. The second-order valence-corrected chi connectivity index (χ2v) is 6.96. The van der Waals surface area contributed by atoms with Gasteiger partial charge in [0.25, 0.3) is 5.91 Å². The van der Waals surface area contributed by atoms with E-state index in [9.17, 15) is 4.79 Å². The minimum atomic E-state index is -0.409. The summed E-state index contributed by atoms with van der Waals surface area (Å²) < 4.78 is 14.0. The number of aromatic nitrogens is 6. The highest BCUT2D eigenvalue weighted by Gasteiger charge is 2.22. The molecule has 0 atom stereocenters. The molecular weight excluding hydrogens is 422 g/mol. The van der Waals surface area contributed by atoms with E-state index in [1.165, 1.54) is 7.11 Å². The minimum absolute atomic E-state index is 0.214. The highest BCUT2D eigenvalue weighted by molar-refractivity contribution is 6.08. The van der Waals surface area contributed by atoms with Crippen molar-refractivity contribution in [1.82, 2.24) is 29.1 Å². The van der Waals surface area contributed by atoms with Crippen LogP contribution in [0.4, 0.5) is 5.69 Å². The second kappa shape index (κ2) is 8.42. The van der Waals surface area contributed by atoms with Crippen LogP contribution in [0.2, 0.25) is 0 Å². The molecule has 1 aromatic carbocycles. The van der Waals surface area contributed by atoms with Crippen molar-refractivity contribution < 1.29 is 14.3 Å². The van der Waals surface area contributed by atoms with E-state index in [-0.39, 0.29) is 5.69 Å². The van der Waals surface area contributed by atoms with Crippen LogP contribution in [-0.4, -0.2) is 49.3 Å². The van der Waals surface area contributed by atoms with Gasteiger partial charge in [0.15, 0.2) is 11.5 Å². The Morgan fingerprint density at radius 1 is 1.00 bits per heavy atom. The highest BCUT2D eigenvalue weighted by atomic mass is 16.5. The number of hydrogen-bond donors (Lipinski definition) is 1. The smallest absolute Gasteiger partial charge is 0.276 e. The maximum absolute atomic E-state index is 13.2. The molecule has 5 aromatic rings. The first-order chi connectivity index (χ1) is 16.2. The topological polar surface area (TPSA) is 108 Å². The van der Waals surface area contributed by atoms with E-state index < -0.39 is 5.91 Å². The summed E-state index contributed by atoms with van der Waals surface area (Å²) in [6.07, 6.45) is 8.26. The van der Waals surface area contributed by atoms with Crippen molar-refractivity contribution in [3.63, 3.8) is 0 Å². The van der Waals surface area contributed by atoms with Gasteiger partial charge >= 0.3 is 0 Å². The van der Waals surface area contributed by atoms with Crippen molar-refractivity contribution in [1.29, 1.82) is 0 Å². The number of hydrogen-bond acceptors (Lipinski definition) is 7. The van der Waals surface area contributed by atoms with Crippen LogP contribution in [0.15, 0.2) is 73.4 Å². The number of imidazole rings is 1. The summed E-state index contributed by atoms with van der Waals surface area (Å²) in [5.74, 6) is 1.19. The maximum Gasteiger partial charge on any atom is 0.276 e. The zero-order valence-electron chi connectivity index (χ0n) is 17.8. The van der Waals surface area contributed by atoms with Crippen molar-refractivity contribution in [2.75, 3.05) is 19.5 Å². The third-order valence-electron chi connectivity index (χ3n) is 5.06. The van der Waals surface area contributed by atoms with Crippen LogP contribution in [0.3, 0.4) is 0 Å². The van der Waals surface area contributed by atoms with Crippen molar-refractivity contribution in [3.05, 3.63) is 79.1 Å². The molecule has 33 heavy (non-hydrogen) atoms. The number of nitrogens with zero attached hydrogens (tertiary/aromatic N) is 6. The Morgan fingerprint density at radius 3 is 2.64 bits per heavy atom. The number of methoxy groups -OCH3 is 2. The Balaban J connectivity index is 1.58. The molecule has 5 rings (SSSR count). The highest BCUT2D eigenvalue weighted by Crippen LogP contribution is 2.27. The summed E-state index contributed by atoms with van der Waals surface area (Å²) in [5, 5.41) is 7.27. The number of fused-ring (bicyclic) bond motifs is 1. The van der Waals surface area contributed by atoms with Crippen LogP contribution in [0.25, 0.3) is 22.7 Å². The summed E-state index contributed by atoms with van der Waals surface area (Å²) in [4.78, 5) is 26.1. The molecule has 0 radical (unpaired) electrons. The number of benzene rings is 1. The molecule has 0 aliphatic rings. The molecule has 0 spiro atoms. The monoisotopic (exact) mass is 441 g/mol. The molecule has 0 aliphatic carbocycles. The van der Waals surface area contributed by atoms with Crippen LogP contribution < -0.4 is 14.8 Å². The molecule has 1 N–H and O–H groups in total. The molecule has 0 saturated carbocycles. The fourth-order valence-electron chi connectivity index (χ4n) is 3.52. The average Bonchev–Trinajstić information content (AvgIpc) is 3.49. The van der Waals surface area contributed by atoms with Crippen LogP contribution in [0.5, 0.6) is 11.6 Å². The summed E-state index contributed by atoms with van der Waals surface area (Å²) in [6, 6.07) is 12.8. The van der Waals surface area contributed by atoms with Gasteiger partial charge in [-0.2, -0.15) is 5.10 Å². The zero-order valence-corrected chi connectivity index (χ0v) is 17.8. The first kappa shape index (κ1) is 20.2. The average molecular weight is 441 g/mol. The molecule has 0 aliphatic heterocycles. The Morgan fingerprint density at radius 2 is 1.85 bits per heavy atom. The first-order valence-electron chi connectivity index (χ1n) is 10.0. The van der Waals surface area contributed by atoms with Gasteiger partial charge in [-0.25, -0.2) is 14.6 Å². The van der Waals surface area contributed by atoms with Crippen LogP contribution in [0.1, 0.15) is 10.5 Å². The molecule has 164 valence electrons. The Labute approximate surface area is 188 Å². The van der Waals surface area contributed by atoms with Crippen LogP contribution >= 0.6 is 0 Å². The van der Waals surface area contributed by atoms with E-state index in [0.29, 0.717) is 28.6 Å². The van der Waals surface area contributed by atoms with Gasteiger partial charge in [0.05, 0.1) is 37.8 Å². The van der Waals surface area contributed by atoms with Gasteiger partial charge in [-0.05, 0) is 42.5 Å². The van der Waals surface area contributed by atoms with Gasteiger partial charge in [-0.3, -0.25) is 14.2 Å². The number of rotatable bonds is 6. The molecule has 4 aromatic heterocycles. The first-order valence-corrected chi connectivity index (χ1v) is 10.0. The van der Waals surface area contributed by atoms with Crippen molar-refractivity contribution in [2.45, 2.75) is 0 Å². The van der Waals surface area contributed by atoms with E-state index in [1.807, 2.05) is 30.3 Å². The SMILES string of the molecule is COc1ccc(-n2nccc2-c2nc(C(=O)Nc3cccnc3OC)c3cnccn23)cc1. The van der Waals surface area contributed by atoms with Gasteiger partial charge in [-0.1, -0.05) is 0 Å². The molecule has 0 fully saturated rings. The van der Waals surface area contributed by atoms with Crippen LogP contribution in [-0.2, 0) is 0 Å². The number of nitrogens with one attached hydrogen (secondary N) is 1. The summed E-state index contributed by atoms with van der Waals surface area (Å²) in [7, 11) is 3.11. The Hall–Kier alpha value is -4.73. The van der Waals surface area contributed by atoms with Gasteiger partial charge < -0.3 is 14.8 Å². The molecule has 0 unspecified atom stereocenters. The summed E-state index contributed by atoms with van der Waals surface area (Å²) in [5.41, 5.74) is 2.74.